The van der Waals surface area contributed by atoms with Gasteiger partial charge in [-0.2, -0.15) is 0 Å². The van der Waals surface area contributed by atoms with E-state index in [1.54, 1.807) is 0 Å². The summed E-state index contributed by atoms with van der Waals surface area (Å²) in [7, 11) is 0. The molecule has 8 aromatic carbocycles. The summed E-state index contributed by atoms with van der Waals surface area (Å²) < 4.78 is 0. The summed E-state index contributed by atoms with van der Waals surface area (Å²) in [6, 6.07) is 72.1. The van der Waals surface area contributed by atoms with E-state index in [1.165, 1.54) is 83.8 Å². The Labute approximate surface area is 325 Å². The molecular formula is C52H41BN2. The fourth-order valence-corrected chi connectivity index (χ4v) is 9.36. The lowest BCUT2D eigenvalue weighted by molar-refractivity contribution is 0.745. The first kappa shape index (κ1) is 33.0. The van der Waals surface area contributed by atoms with E-state index < -0.39 is 5.41 Å². The summed E-state index contributed by atoms with van der Waals surface area (Å²) in [6.07, 6.45) is 0. The predicted octanol–water partition coefficient (Wildman–Crippen LogP) is 11.1. The van der Waals surface area contributed by atoms with E-state index >= 15 is 0 Å². The van der Waals surface area contributed by atoms with Crippen LogP contribution in [0.25, 0.3) is 0 Å². The van der Waals surface area contributed by atoms with Gasteiger partial charge < -0.3 is 9.80 Å². The van der Waals surface area contributed by atoms with E-state index in [9.17, 15) is 0 Å². The Bertz CT molecular complexity index is 2570. The van der Waals surface area contributed by atoms with Crippen LogP contribution in [0.4, 0.5) is 34.1 Å². The number of nitrogens with zero attached hydrogens (tertiary/aromatic N) is 2. The molecule has 0 saturated carbocycles. The molecule has 0 amide bonds. The van der Waals surface area contributed by atoms with Crippen LogP contribution in [0, 0.1) is 20.8 Å². The van der Waals surface area contributed by atoms with Gasteiger partial charge in [-0.25, -0.2) is 0 Å². The maximum Gasteiger partial charge on any atom is 0.252 e. The van der Waals surface area contributed by atoms with Crippen molar-refractivity contribution in [3.05, 3.63) is 233 Å². The van der Waals surface area contributed by atoms with Crippen LogP contribution in [0.5, 0.6) is 0 Å². The van der Waals surface area contributed by atoms with Crippen molar-refractivity contribution in [1.29, 1.82) is 0 Å². The highest BCUT2D eigenvalue weighted by atomic mass is 15.2. The molecule has 2 aliphatic rings. The van der Waals surface area contributed by atoms with Crippen molar-refractivity contribution < 1.29 is 0 Å². The van der Waals surface area contributed by atoms with Crippen molar-refractivity contribution in [2.75, 3.05) is 9.80 Å². The maximum absolute atomic E-state index is 2.50. The van der Waals surface area contributed by atoms with Crippen LogP contribution in [0.1, 0.15) is 38.9 Å². The van der Waals surface area contributed by atoms with Crippen LogP contribution in [0.15, 0.2) is 194 Å². The molecule has 2 heterocycles. The zero-order chi connectivity index (χ0) is 37.1. The van der Waals surface area contributed by atoms with Crippen molar-refractivity contribution in [1.82, 2.24) is 0 Å². The first-order valence-corrected chi connectivity index (χ1v) is 19.3. The van der Waals surface area contributed by atoms with E-state index in [-0.39, 0.29) is 6.71 Å². The summed E-state index contributed by atoms with van der Waals surface area (Å²) in [5.41, 5.74) is 19.5. The molecule has 0 aliphatic carbocycles. The van der Waals surface area contributed by atoms with Gasteiger partial charge in [-0.1, -0.05) is 162 Å². The maximum atomic E-state index is 2.50. The normalized spacial score (nSPS) is 12.9. The average molecular weight is 705 g/mol. The molecule has 0 N–H and O–H groups in total. The van der Waals surface area contributed by atoms with Gasteiger partial charge in [-0.15, -0.1) is 0 Å². The summed E-state index contributed by atoms with van der Waals surface area (Å²) in [5.74, 6) is 0. The fraction of sp³-hybridized carbons (Fsp3) is 0.0769. The van der Waals surface area contributed by atoms with E-state index in [1.807, 2.05) is 0 Å². The second-order valence-corrected chi connectivity index (χ2v) is 15.2. The molecule has 0 saturated heterocycles. The highest BCUT2D eigenvalue weighted by Gasteiger charge is 2.44. The van der Waals surface area contributed by atoms with Gasteiger partial charge in [0.1, 0.15) is 0 Å². The number of benzene rings is 8. The minimum atomic E-state index is -0.508. The van der Waals surface area contributed by atoms with Crippen molar-refractivity contribution in [3.8, 4) is 0 Å². The lowest BCUT2D eigenvalue weighted by Crippen LogP contribution is -2.61. The van der Waals surface area contributed by atoms with Gasteiger partial charge in [0.25, 0.3) is 6.71 Å². The van der Waals surface area contributed by atoms with Crippen LogP contribution in [0.3, 0.4) is 0 Å². The van der Waals surface area contributed by atoms with E-state index in [2.05, 4.69) is 225 Å². The molecule has 10 rings (SSSR count). The van der Waals surface area contributed by atoms with Crippen LogP contribution >= 0.6 is 0 Å². The summed E-state index contributed by atoms with van der Waals surface area (Å²) >= 11 is 0. The molecule has 2 nitrogen and oxygen atoms in total. The number of anilines is 6. The highest BCUT2D eigenvalue weighted by molar-refractivity contribution is 7.00. The van der Waals surface area contributed by atoms with E-state index in [4.69, 9.17) is 0 Å². The summed E-state index contributed by atoms with van der Waals surface area (Å²) in [4.78, 5) is 4.97. The van der Waals surface area contributed by atoms with Crippen LogP contribution in [-0.2, 0) is 5.41 Å². The SMILES string of the molecule is Cc1ccc(N2c3ccc(C)cc3B3c4cc(C)ccc4N(c4ccc(C(c5ccccc5)(c5ccccc5)c5ccccc5)cc4)c4cccc2c43)cc1. The van der Waals surface area contributed by atoms with Gasteiger partial charge in [0.2, 0.25) is 0 Å². The predicted molar refractivity (Wildman–Crippen MR) is 233 cm³/mol. The molecule has 0 bridgehead atoms. The van der Waals surface area contributed by atoms with Gasteiger partial charge in [0, 0.05) is 34.1 Å². The second-order valence-electron chi connectivity index (χ2n) is 15.2. The van der Waals surface area contributed by atoms with Gasteiger partial charge in [-0.05, 0) is 108 Å². The number of fused-ring (bicyclic) bond motifs is 4. The number of hydrogen-bond acceptors (Lipinski definition) is 2. The number of aryl methyl sites for hydroxylation is 3. The lowest BCUT2D eigenvalue weighted by atomic mass is 9.33. The summed E-state index contributed by atoms with van der Waals surface area (Å²) in [6.45, 7) is 6.70. The number of rotatable bonds is 6. The minimum Gasteiger partial charge on any atom is -0.311 e. The van der Waals surface area contributed by atoms with Crippen LogP contribution < -0.4 is 26.2 Å². The Kier molecular flexibility index (Phi) is 7.85. The molecule has 262 valence electrons. The third-order valence-corrected chi connectivity index (χ3v) is 11.8. The quantitative estimate of drug-likeness (QED) is 0.126. The zero-order valence-electron chi connectivity index (χ0n) is 31.4. The molecule has 8 aromatic rings. The van der Waals surface area contributed by atoms with Gasteiger partial charge in [0.15, 0.2) is 0 Å². The Morgan fingerprint density at radius 3 is 1.16 bits per heavy atom. The Balaban J connectivity index is 1.20. The topological polar surface area (TPSA) is 6.48 Å². The zero-order valence-corrected chi connectivity index (χ0v) is 31.4. The van der Waals surface area contributed by atoms with E-state index in [0.717, 1.165) is 5.69 Å². The highest BCUT2D eigenvalue weighted by Crippen LogP contribution is 2.47. The Morgan fingerprint density at radius 1 is 0.345 bits per heavy atom. The van der Waals surface area contributed by atoms with Gasteiger partial charge in [0.05, 0.1) is 5.41 Å². The summed E-state index contributed by atoms with van der Waals surface area (Å²) in [5, 5.41) is 0. The molecule has 2 aliphatic heterocycles. The fourth-order valence-electron chi connectivity index (χ4n) is 9.36. The van der Waals surface area contributed by atoms with Gasteiger partial charge in [-0.3, -0.25) is 0 Å². The van der Waals surface area contributed by atoms with Gasteiger partial charge >= 0.3 is 0 Å². The van der Waals surface area contributed by atoms with E-state index in [0.29, 0.717) is 0 Å². The van der Waals surface area contributed by atoms with Crippen molar-refractivity contribution >= 4 is 57.2 Å². The molecule has 0 radical (unpaired) electrons. The third-order valence-electron chi connectivity index (χ3n) is 11.8. The second kappa shape index (κ2) is 13.1. The minimum absolute atomic E-state index is 0.107. The first-order chi connectivity index (χ1) is 27.0. The molecule has 0 aromatic heterocycles. The molecule has 3 heteroatoms. The largest absolute Gasteiger partial charge is 0.311 e. The molecule has 0 fully saturated rings. The first-order valence-electron chi connectivity index (χ1n) is 19.3. The monoisotopic (exact) mass is 704 g/mol. The van der Waals surface area contributed by atoms with Crippen LogP contribution in [-0.4, -0.2) is 6.71 Å². The smallest absolute Gasteiger partial charge is 0.252 e. The Morgan fingerprint density at radius 2 is 0.727 bits per heavy atom. The molecular weight excluding hydrogens is 663 g/mol. The molecule has 0 atom stereocenters. The average Bonchev–Trinajstić information content (AvgIpc) is 3.23. The Hall–Kier alpha value is -6.58. The third kappa shape index (κ3) is 5.18. The number of hydrogen-bond donors (Lipinski definition) is 0. The molecule has 0 spiro atoms. The molecule has 55 heavy (non-hydrogen) atoms. The van der Waals surface area contributed by atoms with Crippen molar-refractivity contribution in [2.45, 2.75) is 26.2 Å². The van der Waals surface area contributed by atoms with Crippen molar-refractivity contribution in [2.24, 2.45) is 0 Å². The molecule has 0 unspecified atom stereocenters. The standard InChI is InChI=1S/C52H41BN2/c1-36-22-28-43(29-23-36)54-47-32-24-37(2)34-45(47)53-46-35-38(3)25-33-48(46)55(50-21-13-20-49(54)51(50)53)44-30-26-42(27-31-44)52(39-14-7-4-8-15-39,40-16-9-5-10-17-40)41-18-11-6-12-19-41/h4-35H,1-3H3. The van der Waals surface area contributed by atoms with Crippen molar-refractivity contribution in [3.63, 3.8) is 0 Å². The lowest BCUT2D eigenvalue weighted by Gasteiger charge is -2.44. The van der Waals surface area contributed by atoms with Crippen LogP contribution in [0.2, 0.25) is 0 Å².